The van der Waals surface area contributed by atoms with Crippen molar-refractivity contribution in [2.24, 2.45) is 5.92 Å². The number of fused-ring (bicyclic) bond motifs is 1. The fourth-order valence-electron chi connectivity index (χ4n) is 3.26. The first-order valence-electron chi connectivity index (χ1n) is 8.59. The molecule has 7 nitrogen and oxygen atoms in total. The Morgan fingerprint density at radius 3 is 2.81 bits per heavy atom. The zero-order valence-corrected chi connectivity index (χ0v) is 16.0. The average Bonchev–Trinajstić information content (AvgIpc) is 3.12. The summed E-state index contributed by atoms with van der Waals surface area (Å²) in [4.78, 5) is 14.8. The summed E-state index contributed by atoms with van der Waals surface area (Å²) in [6, 6.07) is 9.74. The van der Waals surface area contributed by atoms with Crippen LogP contribution in [0.2, 0.25) is 0 Å². The first-order chi connectivity index (χ1) is 12.6. The molecule has 1 saturated heterocycles. The van der Waals surface area contributed by atoms with E-state index in [4.69, 9.17) is 0 Å². The molecule has 1 fully saturated rings. The number of amides is 1. The quantitative estimate of drug-likeness (QED) is 0.712. The summed E-state index contributed by atoms with van der Waals surface area (Å²) in [5.41, 5.74) is 2.66. The van der Waals surface area contributed by atoms with Crippen molar-refractivity contribution in [2.75, 3.05) is 23.3 Å². The van der Waals surface area contributed by atoms with Gasteiger partial charge in [0.05, 0.1) is 0 Å². The number of hydrogen-bond acceptors (Lipinski definition) is 5. The van der Waals surface area contributed by atoms with Gasteiger partial charge in [0.15, 0.2) is 5.65 Å². The van der Waals surface area contributed by atoms with Crippen LogP contribution in [0.25, 0.3) is 5.65 Å². The highest BCUT2D eigenvalue weighted by Gasteiger charge is 2.26. The van der Waals surface area contributed by atoms with Crippen LogP contribution in [0.5, 0.6) is 0 Å². The second kappa shape index (κ2) is 7.03. The van der Waals surface area contributed by atoms with Gasteiger partial charge < -0.3 is 10.2 Å². The normalized spacial score (nSPS) is 15.4. The van der Waals surface area contributed by atoms with E-state index in [-0.39, 0.29) is 11.8 Å². The minimum Gasteiger partial charge on any atom is -0.355 e. The molecule has 0 spiro atoms. The van der Waals surface area contributed by atoms with Gasteiger partial charge >= 0.3 is 0 Å². The number of piperidine rings is 1. The molecule has 1 aliphatic heterocycles. The standard InChI is InChI=1S/C18H19BrN6O/c1-12-10-14(19)2-3-15(12)21-18(26)13-6-8-24(9-7-13)17-5-4-16-22-20-11-25(16)23-17/h2-5,10-11,13H,6-9H2,1H3,(H,21,26). The van der Waals surface area contributed by atoms with E-state index in [0.717, 1.165) is 53.1 Å². The molecule has 8 heteroatoms. The molecule has 1 aromatic carbocycles. The van der Waals surface area contributed by atoms with E-state index < -0.39 is 0 Å². The number of aromatic nitrogens is 4. The molecule has 0 saturated carbocycles. The van der Waals surface area contributed by atoms with Gasteiger partial charge in [-0.15, -0.1) is 15.3 Å². The van der Waals surface area contributed by atoms with Crippen LogP contribution in [0.3, 0.4) is 0 Å². The van der Waals surface area contributed by atoms with E-state index in [0.29, 0.717) is 0 Å². The summed E-state index contributed by atoms with van der Waals surface area (Å²) in [5.74, 6) is 1.00. The van der Waals surface area contributed by atoms with Crippen LogP contribution in [0.4, 0.5) is 11.5 Å². The molecular formula is C18H19BrN6O. The predicted octanol–water partition coefficient (Wildman–Crippen LogP) is 3.05. The van der Waals surface area contributed by atoms with E-state index in [1.807, 2.05) is 37.3 Å². The van der Waals surface area contributed by atoms with Gasteiger partial charge in [0.25, 0.3) is 0 Å². The van der Waals surface area contributed by atoms with Crippen LogP contribution in [0.15, 0.2) is 41.1 Å². The lowest BCUT2D eigenvalue weighted by Crippen LogP contribution is -2.38. The molecule has 1 aliphatic rings. The summed E-state index contributed by atoms with van der Waals surface area (Å²) in [5, 5.41) is 15.4. The van der Waals surface area contributed by atoms with E-state index in [1.165, 1.54) is 0 Å². The number of nitrogens with zero attached hydrogens (tertiary/aromatic N) is 5. The van der Waals surface area contributed by atoms with Gasteiger partial charge in [-0.2, -0.15) is 4.52 Å². The van der Waals surface area contributed by atoms with Gasteiger partial charge in [-0.25, -0.2) is 0 Å². The van der Waals surface area contributed by atoms with Crippen LogP contribution in [0.1, 0.15) is 18.4 Å². The van der Waals surface area contributed by atoms with Gasteiger partial charge in [-0.1, -0.05) is 15.9 Å². The Kier molecular flexibility index (Phi) is 4.58. The Balaban J connectivity index is 1.38. The van der Waals surface area contributed by atoms with Crippen molar-refractivity contribution in [2.45, 2.75) is 19.8 Å². The lowest BCUT2D eigenvalue weighted by molar-refractivity contribution is -0.120. The predicted molar refractivity (Wildman–Crippen MR) is 103 cm³/mol. The summed E-state index contributed by atoms with van der Waals surface area (Å²) in [6.07, 6.45) is 3.21. The third kappa shape index (κ3) is 3.41. The van der Waals surface area contributed by atoms with Crippen molar-refractivity contribution < 1.29 is 4.79 Å². The van der Waals surface area contributed by atoms with Crippen LogP contribution in [-0.4, -0.2) is 38.8 Å². The largest absolute Gasteiger partial charge is 0.355 e. The van der Waals surface area contributed by atoms with Crippen molar-refractivity contribution in [3.05, 3.63) is 46.7 Å². The maximum atomic E-state index is 12.6. The number of halogens is 1. The van der Waals surface area contributed by atoms with Crippen molar-refractivity contribution in [1.82, 2.24) is 19.8 Å². The number of carbonyl (C=O) groups is 1. The fraction of sp³-hybridized carbons (Fsp3) is 0.333. The van der Waals surface area contributed by atoms with E-state index in [2.05, 4.69) is 41.4 Å². The highest BCUT2D eigenvalue weighted by atomic mass is 79.9. The van der Waals surface area contributed by atoms with Crippen LogP contribution in [0, 0.1) is 12.8 Å². The molecule has 2 aromatic heterocycles. The van der Waals surface area contributed by atoms with Crippen LogP contribution >= 0.6 is 15.9 Å². The first kappa shape index (κ1) is 17.0. The Bertz CT molecular complexity index is 948. The molecule has 0 aliphatic carbocycles. The maximum Gasteiger partial charge on any atom is 0.227 e. The zero-order chi connectivity index (χ0) is 18.1. The van der Waals surface area contributed by atoms with E-state index in [9.17, 15) is 4.79 Å². The number of carbonyl (C=O) groups excluding carboxylic acids is 1. The number of anilines is 2. The molecule has 1 N–H and O–H groups in total. The second-order valence-electron chi connectivity index (χ2n) is 6.54. The van der Waals surface area contributed by atoms with Crippen molar-refractivity contribution >= 4 is 39.0 Å². The molecule has 0 radical (unpaired) electrons. The minimum atomic E-state index is 0.0212. The molecule has 0 bridgehead atoms. The summed E-state index contributed by atoms with van der Waals surface area (Å²) < 4.78 is 2.68. The van der Waals surface area contributed by atoms with Gasteiger partial charge in [0.2, 0.25) is 5.91 Å². The third-order valence-corrected chi connectivity index (χ3v) is 5.28. The van der Waals surface area contributed by atoms with Crippen LogP contribution in [-0.2, 0) is 4.79 Å². The SMILES string of the molecule is Cc1cc(Br)ccc1NC(=O)C1CCN(c2ccc3nncn3n2)CC1. The number of nitrogens with one attached hydrogen (secondary N) is 1. The fourth-order valence-corrected chi connectivity index (χ4v) is 3.74. The monoisotopic (exact) mass is 414 g/mol. The van der Waals surface area contributed by atoms with Crippen molar-refractivity contribution in [3.63, 3.8) is 0 Å². The zero-order valence-electron chi connectivity index (χ0n) is 14.4. The number of benzene rings is 1. The molecule has 0 atom stereocenters. The lowest BCUT2D eigenvalue weighted by atomic mass is 9.95. The maximum absolute atomic E-state index is 12.6. The lowest BCUT2D eigenvalue weighted by Gasteiger charge is -2.32. The van der Waals surface area contributed by atoms with Gasteiger partial charge in [-0.3, -0.25) is 4.79 Å². The molecule has 3 aromatic rings. The molecule has 0 unspecified atom stereocenters. The van der Waals surface area contributed by atoms with Crippen LogP contribution < -0.4 is 10.2 Å². The highest BCUT2D eigenvalue weighted by molar-refractivity contribution is 9.10. The molecule has 3 heterocycles. The van der Waals surface area contributed by atoms with Gasteiger partial charge in [0, 0.05) is 29.2 Å². The first-order valence-corrected chi connectivity index (χ1v) is 9.38. The summed E-state index contributed by atoms with van der Waals surface area (Å²) >= 11 is 3.45. The molecule has 26 heavy (non-hydrogen) atoms. The summed E-state index contributed by atoms with van der Waals surface area (Å²) in [6.45, 7) is 3.60. The molecule has 1 amide bonds. The molecule has 134 valence electrons. The second-order valence-corrected chi connectivity index (χ2v) is 7.45. The Morgan fingerprint density at radius 2 is 2.04 bits per heavy atom. The Morgan fingerprint density at radius 1 is 1.23 bits per heavy atom. The molecular weight excluding hydrogens is 396 g/mol. The van der Waals surface area contributed by atoms with Gasteiger partial charge in [-0.05, 0) is 55.7 Å². The minimum absolute atomic E-state index is 0.0212. The number of aryl methyl sites for hydroxylation is 1. The van der Waals surface area contributed by atoms with Crippen molar-refractivity contribution in [3.8, 4) is 0 Å². The smallest absolute Gasteiger partial charge is 0.227 e. The summed E-state index contributed by atoms with van der Waals surface area (Å²) in [7, 11) is 0. The Labute approximate surface area is 159 Å². The van der Waals surface area contributed by atoms with Gasteiger partial charge in [0.1, 0.15) is 12.1 Å². The number of rotatable bonds is 3. The third-order valence-electron chi connectivity index (χ3n) is 4.78. The molecule has 4 rings (SSSR count). The average molecular weight is 415 g/mol. The highest BCUT2D eigenvalue weighted by Crippen LogP contribution is 2.25. The number of hydrogen-bond donors (Lipinski definition) is 1. The van der Waals surface area contributed by atoms with E-state index in [1.54, 1.807) is 10.8 Å². The van der Waals surface area contributed by atoms with E-state index >= 15 is 0 Å². The van der Waals surface area contributed by atoms with Crippen molar-refractivity contribution in [1.29, 1.82) is 0 Å². The Hall–Kier alpha value is -2.48. The topological polar surface area (TPSA) is 75.4 Å².